The number of carbonyl (C=O) groups is 2. The molecule has 1 aromatic carbocycles. The summed E-state index contributed by atoms with van der Waals surface area (Å²) < 4.78 is 0. The molecule has 154 valence electrons. The lowest BCUT2D eigenvalue weighted by molar-refractivity contribution is -0.159. The summed E-state index contributed by atoms with van der Waals surface area (Å²) in [5, 5.41) is 15.6. The summed E-state index contributed by atoms with van der Waals surface area (Å²) in [6, 6.07) is 8.23. The second-order valence-corrected chi connectivity index (χ2v) is 7.26. The first-order valence-electron chi connectivity index (χ1n) is 8.84. The Kier molecular flexibility index (Phi) is 13.5. The van der Waals surface area contributed by atoms with Crippen molar-refractivity contribution in [2.24, 2.45) is 0 Å². The third-order valence-electron chi connectivity index (χ3n) is 3.66. The molecule has 0 aliphatic heterocycles. The van der Waals surface area contributed by atoms with E-state index in [1.165, 1.54) is 18.4 Å². The van der Waals surface area contributed by atoms with Crippen LogP contribution in [0.3, 0.4) is 0 Å². The Morgan fingerprint density at radius 3 is 1.56 bits per heavy atom. The van der Waals surface area contributed by atoms with E-state index in [1.54, 1.807) is 0 Å². The number of hydrogen-bond donors (Lipinski definition) is 2. The number of halogens is 1. The van der Waals surface area contributed by atoms with Crippen molar-refractivity contribution < 1.29 is 19.8 Å². The van der Waals surface area contributed by atoms with Gasteiger partial charge >= 0.3 is 11.9 Å². The van der Waals surface area contributed by atoms with Gasteiger partial charge < -0.3 is 20.0 Å². The molecule has 1 rings (SSSR count). The van der Waals surface area contributed by atoms with Crippen molar-refractivity contribution in [3.8, 4) is 0 Å². The summed E-state index contributed by atoms with van der Waals surface area (Å²) >= 11 is 5.96. The van der Waals surface area contributed by atoms with E-state index in [0.29, 0.717) is 0 Å². The first kappa shape index (κ1) is 25.3. The molecule has 27 heavy (non-hydrogen) atoms. The van der Waals surface area contributed by atoms with Crippen LogP contribution in [-0.2, 0) is 16.1 Å². The van der Waals surface area contributed by atoms with Crippen LogP contribution in [0.2, 0.25) is 5.02 Å². The summed E-state index contributed by atoms with van der Waals surface area (Å²) in [6.45, 7) is 5.59. The summed E-state index contributed by atoms with van der Waals surface area (Å²) in [5.74, 6) is -3.65. The van der Waals surface area contributed by atoms with Crippen molar-refractivity contribution in [1.82, 2.24) is 14.7 Å². The molecule has 0 saturated heterocycles. The maximum absolute atomic E-state index is 9.10. The highest BCUT2D eigenvalue weighted by atomic mass is 35.5. The topological polar surface area (TPSA) is 84.3 Å². The van der Waals surface area contributed by atoms with Gasteiger partial charge in [-0.25, -0.2) is 9.59 Å². The number of hydrogen-bond acceptors (Lipinski definition) is 5. The monoisotopic (exact) mass is 401 g/mol. The molecule has 0 bridgehead atoms. The Morgan fingerprint density at radius 1 is 0.815 bits per heavy atom. The molecule has 0 spiro atoms. The van der Waals surface area contributed by atoms with Gasteiger partial charge in [-0.2, -0.15) is 0 Å². The number of nitrogens with zero attached hydrogens (tertiary/aromatic N) is 3. The van der Waals surface area contributed by atoms with E-state index < -0.39 is 11.9 Å². The molecule has 1 aromatic rings. The van der Waals surface area contributed by atoms with Crippen LogP contribution in [0, 0.1) is 0 Å². The third kappa shape index (κ3) is 15.1. The quantitative estimate of drug-likeness (QED) is 0.581. The average molecular weight is 402 g/mol. The van der Waals surface area contributed by atoms with Crippen molar-refractivity contribution in [2.45, 2.75) is 19.4 Å². The van der Waals surface area contributed by atoms with Crippen LogP contribution < -0.4 is 0 Å². The maximum Gasteiger partial charge on any atom is 0.414 e. The third-order valence-corrected chi connectivity index (χ3v) is 3.91. The van der Waals surface area contributed by atoms with Gasteiger partial charge in [0.1, 0.15) is 0 Å². The molecule has 0 radical (unpaired) electrons. The van der Waals surface area contributed by atoms with Crippen molar-refractivity contribution in [3.63, 3.8) is 0 Å². The van der Waals surface area contributed by atoms with Crippen LogP contribution in [-0.4, -0.2) is 91.2 Å². The molecule has 0 atom stereocenters. The Hall–Kier alpha value is -1.67. The summed E-state index contributed by atoms with van der Waals surface area (Å²) in [4.78, 5) is 25.3. The maximum atomic E-state index is 9.10. The molecule has 7 nitrogen and oxygen atoms in total. The predicted octanol–water partition coefficient (Wildman–Crippen LogP) is 2.20. The van der Waals surface area contributed by atoms with Gasteiger partial charge in [-0.1, -0.05) is 23.7 Å². The number of aliphatic carboxylic acids is 2. The molecule has 0 unspecified atom stereocenters. The highest BCUT2D eigenvalue weighted by Crippen LogP contribution is 2.12. The Labute approximate surface area is 167 Å². The smallest absolute Gasteiger partial charge is 0.414 e. The van der Waals surface area contributed by atoms with Crippen molar-refractivity contribution in [1.29, 1.82) is 0 Å². The molecule has 0 aliphatic rings. The summed E-state index contributed by atoms with van der Waals surface area (Å²) in [6.07, 6.45) is 2.42. The largest absolute Gasteiger partial charge is 0.473 e. The molecule has 0 saturated carbocycles. The van der Waals surface area contributed by atoms with E-state index in [2.05, 4.69) is 55.0 Å². The van der Waals surface area contributed by atoms with Crippen molar-refractivity contribution in [3.05, 3.63) is 34.9 Å². The molecule has 8 heteroatoms. The fourth-order valence-corrected chi connectivity index (χ4v) is 2.47. The van der Waals surface area contributed by atoms with E-state index in [4.69, 9.17) is 31.4 Å². The minimum absolute atomic E-state index is 0.811. The van der Waals surface area contributed by atoms with E-state index in [0.717, 1.165) is 37.7 Å². The van der Waals surface area contributed by atoms with E-state index >= 15 is 0 Å². The van der Waals surface area contributed by atoms with Gasteiger partial charge in [0.05, 0.1) is 0 Å². The molecule has 0 aliphatic carbocycles. The van der Waals surface area contributed by atoms with Gasteiger partial charge in [-0.15, -0.1) is 0 Å². The van der Waals surface area contributed by atoms with Crippen LogP contribution >= 0.6 is 11.6 Å². The predicted molar refractivity (Wildman–Crippen MR) is 108 cm³/mol. The van der Waals surface area contributed by atoms with Crippen molar-refractivity contribution in [2.75, 3.05) is 54.4 Å². The zero-order valence-electron chi connectivity index (χ0n) is 16.7. The zero-order valence-corrected chi connectivity index (χ0v) is 17.4. The van der Waals surface area contributed by atoms with Crippen LogP contribution in [0.5, 0.6) is 0 Å². The van der Waals surface area contributed by atoms with Gasteiger partial charge in [0.25, 0.3) is 0 Å². The molecule has 2 N–H and O–H groups in total. The lowest BCUT2D eigenvalue weighted by atomic mass is 10.2. The van der Waals surface area contributed by atoms with Gasteiger partial charge in [0.15, 0.2) is 0 Å². The fraction of sp³-hybridized carbons (Fsp3) is 0.579. The van der Waals surface area contributed by atoms with Gasteiger partial charge in [-0.3, -0.25) is 4.90 Å². The average Bonchev–Trinajstić information content (AvgIpc) is 2.56. The van der Waals surface area contributed by atoms with Gasteiger partial charge in [0.2, 0.25) is 0 Å². The van der Waals surface area contributed by atoms with E-state index in [9.17, 15) is 0 Å². The lowest BCUT2D eigenvalue weighted by Gasteiger charge is -2.24. The Bertz CT molecular complexity index is 524. The highest BCUT2D eigenvalue weighted by Gasteiger charge is 2.07. The molecule has 0 fully saturated rings. The minimum atomic E-state index is -1.82. The second kappa shape index (κ2) is 14.4. The second-order valence-electron chi connectivity index (χ2n) is 6.83. The fourth-order valence-electron chi connectivity index (χ4n) is 2.34. The molecule has 0 aromatic heterocycles. The molecule has 0 amide bonds. The zero-order chi connectivity index (χ0) is 20.8. The SMILES string of the molecule is CN(C)CCCN(CCCN(C)C)Cc1ccc(Cl)cc1.O=C(O)C(=O)O. The van der Waals surface area contributed by atoms with Crippen molar-refractivity contribution >= 4 is 23.5 Å². The standard InChI is InChI=1S/C17H30ClN3.C2H2O4/c1-19(2)11-5-13-21(14-6-12-20(3)4)15-16-7-9-17(18)10-8-16;3-1(4)2(5)6/h7-10H,5-6,11-15H2,1-4H3;(H,3,4)(H,5,6). The minimum Gasteiger partial charge on any atom is -0.473 e. The number of rotatable bonds is 10. The van der Waals surface area contributed by atoms with Crippen LogP contribution in [0.25, 0.3) is 0 Å². The Balaban J connectivity index is 0.000000972. The van der Waals surface area contributed by atoms with E-state index in [-0.39, 0.29) is 0 Å². The Morgan fingerprint density at radius 2 is 1.22 bits per heavy atom. The van der Waals surface area contributed by atoms with Crippen LogP contribution in [0.15, 0.2) is 24.3 Å². The highest BCUT2D eigenvalue weighted by molar-refractivity contribution is 6.30. The number of carboxylic acids is 2. The molecular weight excluding hydrogens is 370 g/mol. The number of benzene rings is 1. The van der Waals surface area contributed by atoms with Gasteiger partial charge in [0, 0.05) is 11.6 Å². The van der Waals surface area contributed by atoms with Gasteiger partial charge in [-0.05, 0) is 84.9 Å². The normalized spacial score (nSPS) is 10.8. The summed E-state index contributed by atoms with van der Waals surface area (Å²) in [7, 11) is 8.54. The van der Waals surface area contributed by atoms with Crippen LogP contribution in [0.4, 0.5) is 0 Å². The summed E-state index contributed by atoms with van der Waals surface area (Å²) in [5.41, 5.74) is 1.34. The lowest BCUT2D eigenvalue weighted by Crippen LogP contribution is -2.29. The first-order chi connectivity index (χ1) is 12.6. The molecular formula is C19H32ClN3O4. The van der Waals surface area contributed by atoms with E-state index in [1.807, 2.05) is 12.1 Å². The first-order valence-corrected chi connectivity index (χ1v) is 9.22. The van der Waals surface area contributed by atoms with Crippen LogP contribution in [0.1, 0.15) is 18.4 Å². The number of carboxylic acid groups (broad SMARTS) is 2. The molecule has 0 heterocycles.